The van der Waals surface area contributed by atoms with Crippen LogP contribution < -0.4 is 4.74 Å². The molecule has 4 aromatic rings. The topological polar surface area (TPSA) is 91.3 Å². The van der Waals surface area contributed by atoms with Crippen molar-refractivity contribution in [3.05, 3.63) is 66.7 Å². The summed E-state index contributed by atoms with van der Waals surface area (Å²) in [4.78, 5) is 26.9. The van der Waals surface area contributed by atoms with Gasteiger partial charge in [-0.1, -0.05) is 18.2 Å². The van der Waals surface area contributed by atoms with E-state index in [0.29, 0.717) is 12.1 Å². The highest BCUT2D eigenvalue weighted by molar-refractivity contribution is 5.98. The number of aromatic amines is 1. The number of nitrogens with one attached hydrogen (secondary N) is 1. The molecule has 1 aliphatic rings. The van der Waals surface area contributed by atoms with E-state index in [2.05, 4.69) is 21.0 Å². The number of benzene rings is 1. The van der Waals surface area contributed by atoms with Crippen LogP contribution in [0.3, 0.4) is 0 Å². The third kappa shape index (κ3) is 3.50. The Kier molecular flexibility index (Phi) is 5.33. The molecule has 162 valence electrons. The number of carbonyl (C=O) groups excluding carboxylic acids is 1. The molecule has 1 aliphatic heterocycles. The lowest BCUT2D eigenvalue weighted by Gasteiger charge is -2.23. The van der Waals surface area contributed by atoms with E-state index in [9.17, 15) is 9.90 Å². The van der Waals surface area contributed by atoms with Crippen molar-refractivity contribution >= 4 is 16.9 Å². The van der Waals surface area contributed by atoms with Gasteiger partial charge in [0.1, 0.15) is 11.4 Å². The second kappa shape index (κ2) is 8.43. The van der Waals surface area contributed by atoms with Crippen molar-refractivity contribution in [2.75, 3.05) is 20.3 Å². The molecule has 1 atom stereocenters. The number of fused-ring (bicyclic) bond motifs is 1. The molecule has 2 N–H and O–H groups in total. The van der Waals surface area contributed by atoms with Crippen LogP contribution in [0.15, 0.2) is 61.2 Å². The average molecular weight is 428 g/mol. The number of carbonyl (C=O) groups is 1. The largest absolute Gasteiger partial charge is 0.496 e. The normalized spacial score (nSPS) is 15.9. The van der Waals surface area contributed by atoms with Crippen LogP contribution in [-0.4, -0.2) is 57.2 Å². The molecule has 1 fully saturated rings. The number of nitrogens with zero attached hydrogens (tertiary/aromatic N) is 3. The first kappa shape index (κ1) is 20.2. The van der Waals surface area contributed by atoms with Crippen molar-refractivity contribution in [3.8, 4) is 28.0 Å². The fourth-order valence-corrected chi connectivity index (χ4v) is 4.42. The van der Waals surface area contributed by atoms with E-state index in [1.807, 2.05) is 36.5 Å². The summed E-state index contributed by atoms with van der Waals surface area (Å²) >= 11 is 0. The zero-order valence-corrected chi connectivity index (χ0v) is 17.8. The van der Waals surface area contributed by atoms with Gasteiger partial charge in [0.05, 0.1) is 25.3 Å². The van der Waals surface area contributed by atoms with Crippen LogP contribution in [0, 0.1) is 0 Å². The summed E-state index contributed by atoms with van der Waals surface area (Å²) in [6, 6.07) is 11.7. The Bertz CT molecular complexity index is 1280. The molecule has 3 aromatic heterocycles. The lowest BCUT2D eigenvalue weighted by Crippen LogP contribution is -2.37. The highest BCUT2D eigenvalue weighted by atomic mass is 16.5. The summed E-state index contributed by atoms with van der Waals surface area (Å²) in [7, 11) is 1.66. The standard InChI is InChI=1S/C25H24N4O3/c1-32-23-7-3-2-6-20(23)22-14-28-24-21(22)10-17(13-27-24)16-9-18(12-26-11-16)25(31)29-8-4-5-19(29)15-30/h2-3,6-7,9-14,19,30H,4-5,8,15H2,1H3,(H,27,28)/t19-/m0/s1. The highest BCUT2D eigenvalue weighted by Gasteiger charge is 2.29. The van der Waals surface area contributed by atoms with Crippen LogP contribution in [0.1, 0.15) is 23.2 Å². The van der Waals surface area contributed by atoms with E-state index < -0.39 is 0 Å². The van der Waals surface area contributed by atoms with Crippen LogP contribution >= 0.6 is 0 Å². The first-order valence-electron chi connectivity index (χ1n) is 10.7. The monoisotopic (exact) mass is 428 g/mol. The number of aliphatic hydroxyl groups excluding tert-OH is 1. The van der Waals surface area contributed by atoms with Crippen LogP contribution in [0.2, 0.25) is 0 Å². The van der Waals surface area contributed by atoms with Gasteiger partial charge in [-0.3, -0.25) is 9.78 Å². The highest BCUT2D eigenvalue weighted by Crippen LogP contribution is 2.36. The van der Waals surface area contributed by atoms with Gasteiger partial charge in [-0.2, -0.15) is 0 Å². The zero-order valence-electron chi connectivity index (χ0n) is 17.8. The number of amides is 1. The molecule has 1 aromatic carbocycles. The minimum Gasteiger partial charge on any atom is -0.496 e. The maximum atomic E-state index is 13.0. The molecular weight excluding hydrogens is 404 g/mol. The van der Waals surface area contributed by atoms with Crippen LogP contribution in [-0.2, 0) is 0 Å². The molecule has 0 unspecified atom stereocenters. The Balaban J connectivity index is 1.53. The van der Waals surface area contributed by atoms with Gasteiger partial charge in [0, 0.05) is 59.0 Å². The van der Waals surface area contributed by atoms with Gasteiger partial charge >= 0.3 is 0 Å². The van der Waals surface area contributed by atoms with Crippen molar-refractivity contribution in [3.63, 3.8) is 0 Å². The smallest absolute Gasteiger partial charge is 0.255 e. The van der Waals surface area contributed by atoms with Crippen molar-refractivity contribution in [2.24, 2.45) is 0 Å². The zero-order chi connectivity index (χ0) is 22.1. The molecule has 0 bridgehead atoms. The minimum atomic E-state index is -0.118. The Morgan fingerprint density at radius 1 is 1.19 bits per heavy atom. The first-order valence-corrected chi connectivity index (χ1v) is 10.7. The number of aliphatic hydroxyl groups is 1. The fourth-order valence-electron chi connectivity index (χ4n) is 4.42. The van der Waals surface area contributed by atoms with Gasteiger partial charge < -0.3 is 19.7 Å². The molecule has 0 radical (unpaired) electrons. The second-order valence-electron chi connectivity index (χ2n) is 7.96. The number of hydrogen-bond donors (Lipinski definition) is 2. The number of para-hydroxylation sites is 1. The van der Waals surface area contributed by atoms with Crippen LogP contribution in [0.25, 0.3) is 33.3 Å². The number of aromatic nitrogens is 3. The third-order valence-corrected chi connectivity index (χ3v) is 6.10. The fraction of sp³-hybridized carbons (Fsp3) is 0.240. The van der Waals surface area contributed by atoms with Gasteiger partial charge in [-0.15, -0.1) is 0 Å². The number of pyridine rings is 2. The molecule has 0 aliphatic carbocycles. The molecule has 0 spiro atoms. The lowest BCUT2D eigenvalue weighted by molar-refractivity contribution is 0.0677. The van der Waals surface area contributed by atoms with E-state index in [0.717, 1.165) is 51.9 Å². The van der Waals surface area contributed by atoms with Gasteiger partial charge in [0.2, 0.25) is 0 Å². The van der Waals surface area contributed by atoms with Crippen molar-refractivity contribution in [1.29, 1.82) is 0 Å². The summed E-state index contributed by atoms with van der Waals surface area (Å²) in [5.74, 6) is 0.693. The minimum absolute atomic E-state index is 0.0152. The summed E-state index contributed by atoms with van der Waals surface area (Å²) in [5, 5.41) is 10.5. The third-order valence-electron chi connectivity index (χ3n) is 6.10. The molecule has 7 nitrogen and oxygen atoms in total. The summed E-state index contributed by atoms with van der Waals surface area (Å²) in [6.45, 7) is 0.645. The van der Waals surface area contributed by atoms with E-state index in [4.69, 9.17) is 4.74 Å². The predicted octanol–water partition coefficient (Wildman–Crippen LogP) is 3.90. The predicted molar refractivity (Wildman–Crippen MR) is 122 cm³/mol. The SMILES string of the molecule is COc1ccccc1-c1c[nH]c2ncc(-c3cncc(C(=O)N4CCC[C@H]4CO)c3)cc12. The van der Waals surface area contributed by atoms with Crippen LogP contribution in [0.5, 0.6) is 5.75 Å². The van der Waals surface area contributed by atoms with Crippen molar-refractivity contribution < 1.29 is 14.6 Å². The lowest BCUT2D eigenvalue weighted by atomic mass is 10.0. The Labute approximate surface area is 185 Å². The maximum absolute atomic E-state index is 13.0. The Morgan fingerprint density at radius 2 is 2.03 bits per heavy atom. The van der Waals surface area contributed by atoms with E-state index in [1.165, 1.54) is 0 Å². The summed E-state index contributed by atoms with van der Waals surface area (Å²) in [5.41, 5.74) is 4.95. The number of ether oxygens (including phenoxy) is 1. The molecule has 0 saturated carbocycles. The van der Waals surface area contributed by atoms with Crippen molar-refractivity contribution in [2.45, 2.75) is 18.9 Å². The molecular formula is C25H24N4O3. The Hall–Kier alpha value is -3.71. The number of likely N-dealkylation sites (tertiary alicyclic amines) is 1. The van der Waals surface area contributed by atoms with Gasteiger partial charge in [0.15, 0.2) is 0 Å². The first-order chi connectivity index (χ1) is 15.7. The van der Waals surface area contributed by atoms with E-state index >= 15 is 0 Å². The number of rotatable bonds is 5. The van der Waals surface area contributed by atoms with E-state index in [-0.39, 0.29) is 18.6 Å². The van der Waals surface area contributed by atoms with Gasteiger partial charge in [0.25, 0.3) is 5.91 Å². The number of H-pyrrole nitrogens is 1. The molecule has 1 saturated heterocycles. The van der Waals surface area contributed by atoms with Gasteiger partial charge in [-0.25, -0.2) is 4.98 Å². The van der Waals surface area contributed by atoms with Crippen LogP contribution in [0.4, 0.5) is 0 Å². The molecule has 5 rings (SSSR count). The molecule has 7 heteroatoms. The second-order valence-corrected chi connectivity index (χ2v) is 7.96. The van der Waals surface area contributed by atoms with Gasteiger partial charge in [-0.05, 0) is 31.0 Å². The van der Waals surface area contributed by atoms with Crippen molar-refractivity contribution in [1.82, 2.24) is 19.9 Å². The molecule has 1 amide bonds. The average Bonchev–Trinajstić information content (AvgIpc) is 3.50. The number of hydrogen-bond acceptors (Lipinski definition) is 5. The quantitative estimate of drug-likeness (QED) is 0.503. The Morgan fingerprint density at radius 3 is 2.88 bits per heavy atom. The molecule has 32 heavy (non-hydrogen) atoms. The van der Waals surface area contributed by atoms with E-state index in [1.54, 1.807) is 30.6 Å². The maximum Gasteiger partial charge on any atom is 0.255 e. The molecule has 4 heterocycles. The summed E-state index contributed by atoms with van der Waals surface area (Å²) in [6.07, 6.45) is 8.77. The number of methoxy groups -OCH3 is 1. The summed E-state index contributed by atoms with van der Waals surface area (Å²) < 4.78 is 5.54.